The minimum absolute atomic E-state index is 0.0722. The Labute approximate surface area is 257 Å². The minimum atomic E-state index is -4.11. The van der Waals surface area contributed by atoms with Gasteiger partial charge in [-0.1, -0.05) is 31.2 Å². The number of benzene rings is 2. The van der Waals surface area contributed by atoms with E-state index in [1.54, 1.807) is 34.7 Å². The van der Waals surface area contributed by atoms with Gasteiger partial charge in [0.25, 0.3) is 0 Å². The molecule has 4 rings (SSSR count). The molecule has 1 fully saturated rings. The number of nitrogens with one attached hydrogen (secondary N) is 2. The van der Waals surface area contributed by atoms with Crippen molar-refractivity contribution in [3.8, 4) is 0 Å². The van der Waals surface area contributed by atoms with Crippen molar-refractivity contribution in [1.82, 2.24) is 19.9 Å². The number of nitrogens with two attached hydrogens (primary N) is 1. The number of hydrazone groups is 1. The topological polar surface area (TPSA) is 150 Å². The van der Waals surface area contributed by atoms with Gasteiger partial charge >= 0.3 is 0 Å². The molecule has 11 nitrogen and oxygen atoms in total. The van der Waals surface area contributed by atoms with E-state index in [1.165, 1.54) is 17.7 Å². The smallest absolute Gasteiger partial charge is 0.241 e. The quantitative estimate of drug-likeness (QED) is 0.0613. The highest BCUT2D eigenvalue weighted by Gasteiger charge is 2.40. The molecule has 4 N–H and O–H groups in total. The van der Waals surface area contributed by atoms with Crippen LogP contribution in [0, 0.1) is 5.92 Å². The first-order valence-corrected chi connectivity index (χ1v) is 17.0. The Morgan fingerprint density at radius 2 is 1.98 bits per heavy atom. The molecule has 13 heteroatoms. The van der Waals surface area contributed by atoms with Gasteiger partial charge in [0, 0.05) is 67.2 Å². The lowest BCUT2D eigenvalue weighted by atomic mass is 9.85. The van der Waals surface area contributed by atoms with E-state index in [-0.39, 0.29) is 29.0 Å². The van der Waals surface area contributed by atoms with E-state index in [1.807, 2.05) is 44.1 Å². The molecule has 3 unspecified atom stereocenters. The lowest BCUT2D eigenvalue weighted by Crippen LogP contribution is -2.56. The maximum atomic E-state index is 14.3. The molecule has 3 aromatic rings. The Morgan fingerprint density at radius 3 is 2.67 bits per heavy atom. The maximum Gasteiger partial charge on any atom is 0.241 e. The fourth-order valence-corrected chi connectivity index (χ4v) is 7.97. The highest BCUT2D eigenvalue weighted by atomic mass is 32.2. The molecule has 1 aliphatic rings. The molecule has 3 atom stereocenters. The maximum absolute atomic E-state index is 14.3. The second kappa shape index (κ2) is 14.8. The number of nitrogens with zero attached hydrogens (tertiary/aromatic N) is 4. The number of Topliss-reactive ketones (excluding diaryl/α,β-unsaturated/α-hetero) is 1. The number of aromatic nitrogens is 1. The van der Waals surface area contributed by atoms with Crippen LogP contribution in [0.2, 0.25) is 0 Å². The average molecular weight is 628 g/mol. The summed E-state index contributed by atoms with van der Waals surface area (Å²) in [7, 11) is -0.299. The zero-order chi connectivity index (χ0) is 31.0. The number of likely N-dealkylation sites (tertiary alicyclic amines) is 1. The Hall–Kier alpha value is -3.55. The second-order valence-electron chi connectivity index (χ2n) is 10.9. The molecule has 1 amide bonds. The number of anilines is 1. The summed E-state index contributed by atoms with van der Waals surface area (Å²) >= 11 is 1.30. The molecule has 232 valence electrons. The van der Waals surface area contributed by atoms with Crippen molar-refractivity contribution >= 4 is 55.8 Å². The zero-order valence-corrected chi connectivity index (χ0v) is 26.5. The zero-order valence-electron chi connectivity index (χ0n) is 24.9. The fourth-order valence-electron chi connectivity index (χ4n) is 5.88. The third-order valence-electron chi connectivity index (χ3n) is 7.92. The van der Waals surface area contributed by atoms with Crippen molar-refractivity contribution in [2.24, 2.45) is 16.9 Å². The molecule has 0 saturated carbocycles. The fraction of sp³-hybridized carbons (Fsp3) is 0.467. The molecule has 0 bridgehead atoms. The number of hydrogen-bond donors (Lipinski definition) is 3. The first-order valence-electron chi connectivity index (χ1n) is 14.6. The van der Waals surface area contributed by atoms with Gasteiger partial charge < -0.3 is 21.0 Å². The first-order chi connectivity index (χ1) is 20.7. The molecule has 0 spiro atoms. The summed E-state index contributed by atoms with van der Waals surface area (Å²) in [6.45, 7) is 2.86. The largest absolute Gasteiger partial charge is 0.377 e. The van der Waals surface area contributed by atoms with E-state index in [2.05, 4.69) is 20.1 Å². The van der Waals surface area contributed by atoms with Crippen molar-refractivity contribution in [2.45, 2.75) is 62.4 Å². The summed E-state index contributed by atoms with van der Waals surface area (Å²) < 4.78 is 30.7. The van der Waals surface area contributed by atoms with E-state index in [4.69, 9.17) is 5.84 Å². The predicted molar refractivity (Wildman–Crippen MR) is 172 cm³/mol. The highest BCUT2D eigenvalue weighted by Crippen LogP contribution is 2.32. The second-order valence-corrected chi connectivity index (χ2v) is 13.5. The summed E-state index contributed by atoms with van der Waals surface area (Å²) in [6.07, 6.45) is 6.60. The van der Waals surface area contributed by atoms with E-state index >= 15 is 0 Å². The molecule has 1 aromatic heterocycles. The Bertz CT molecular complexity index is 1530. The number of ketones is 1. The lowest BCUT2D eigenvalue weighted by molar-refractivity contribution is -0.137. The van der Waals surface area contributed by atoms with Gasteiger partial charge in [-0.3, -0.25) is 9.59 Å². The van der Waals surface area contributed by atoms with Crippen molar-refractivity contribution in [3.05, 3.63) is 53.0 Å². The number of carbonyl (C=O) groups is 2. The summed E-state index contributed by atoms with van der Waals surface area (Å²) in [6, 6.07) is 9.35. The normalized spacial score (nSPS) is 17.2. The number of fused-ring (bicyclic) bond motifs is 1. The van der Waals surface area contributed by atoms with Crippen LogP contribution in [0.5, 0.6) is 0 Å². The van der Waals surface area contributed by atoms with E-state index in [0.29, 0.717) is 42.7 Å². The van der Waals surface area contributed by atoms with Gasteiger partial charge in [-0.05, 0) is 50.7 Å². The van der Waals surface area contributed by atoms with Crippen LogP contribution >= 0.6 is 11.3 Å². The highest BCUT2D eigenvalue weighted by molar-refractivity contribution is 7.89. The molecular weight excluding hydrogens is 587 g/mol. The average Bonchev–Trinajstić information content (AvgIpc) is 3.55. The number of rotatable bonds is 14. The van der Waals surface area contributed by atoms with Crippen LogP contribution in [0.4, 0.5) is 5.69 Å². The molecular formula is C30H41N7O4S2. The number of sulfonamides is 1. The monoisotopic (exact) mass is 627 g/mol. The third kappa shape index (κ3) is 7.51. The molecule has 2 aromatic carbocycles. The van der Waals surface area contributed by atoms with Crippen LogP contribution in [-0.2, 0) is 14.8 Å². The standard InChI is InChI=1S/C30H41N7O4S2/c1-4-21(28(38)29-33-17-19-42-29)26-13-5-6-18-37(26)30(39)24(12-9-16-32-20-34-31)35-43(40,41)27-15-8-10-22-23(27)11-7-14-25(22)36(2)3/h7-8,10-11,14-15,17,19-21,24,26,35H,4-6,9,12-13,16,18,31H2,1-3H3,(H,32,34). The number of amides is 1. The molecule has 43 heavy (non-hydrogen) atoms. The Morgan fingerprint density at radius 1 is 1.21 bits per heavy atom. The van der Waals surface area contributed by atoms with Gasteiger partial charge in [0.1, 0.15) is 12.4 Å². The van der Waals surface area contributed by atoms with Crippen LogP contribution in [0.25, 0.3) is 10.8 Å². The number of thiazole rings is 1. The lowest BCUT2D eigenvalue weighted by Gasteiger charge is -2.41. The molecule has 2 heterocycles. The molecule has 0 aliphatic carbocycles. The van der Waals surface area contributed by atoms with Crippen molar-refractivity contribution in [2.75, 3.05) is 32.1 Å². The van der Waals surface area contributed by atoms with Crippen LogP contribution in [0.3, 0.4) is 0 Å². The van der Waals surface area contributed by atoms with Gasteiger partial charge in [-0.2, -0.15) is 9.82 Å². The molecule has 0 radical (unpaired) electrons. The number of hydrogen-bond acceptors (Lipinski definition) is 9. The third-order valence-corrected chi connectivity index (χ3v) is 10.2. The van der Waals surface area contributed by atoms with Crippen LogP contribution < -0.4 is 20.8 Å². The van der Waals surface area contributed by atoms with E-state index in [0.717, 1.165) is 23.9 Å². The summed E-state index contributed by atoms with van der Waals surface area (Å²) in [5, 5.41) is 9.93. The Kier molecular flexibility index (Phi) is 11.1. The molecule has 1 saturated heterocycles. The van der Waals surface area contributed by atoms with Gasteiger partial charge in [0.05, 0.1) is 4.90 Å². The minimum Gasteiger partial charge on any atom is -0.377 e. The van der Waals surface area contributed by atoms with Crippen LogP contribution in [0.1, 0.15) is 55.3 Å². The van der Waals surface area contributed by atoms with Gasteiger partial charge in [-0.25, -0.2) is 13.4 Å². The van der Waals surface area contributed by atoms with Crippen LogP contribution in [-0.4, -0.2) is 75.6 Å². The number of carbonyl (C=O) groups excluding carboxylic acids is 2. The van der Waals surface area contributed by atoms with Gasteiger partial charge in [-0.15, -0.1) is 11.3 Å². The van der Waals surface area contributed by atoms with Gasteiger partial charge in [0.15, 0.2) is 10.8 Å². The van der Waals surface area contributed by atoms with Crippen molar-refractivity contribution in [1.29, 1.82) is 0 Å². The summed E-state index contributed by atoms with van der Waals surface area (Å²) in [5.41, 5.74) is 0.890. The first kappa shape index (κ1) is 32.4. The van der Waals surface area contributed by atoms with E-state index < -0.39 is 22.0 Å². The Balaban J connectivity index is 1.66. The van der Waals surface area contributed by atoms with Gasteiger partial charge in [0.2, 0.25) is 15.9 Å². The predicted octanol–water partition coefficient (Wildman–Crippen LogP) is 3.57. The van der Waals surface area contributed by atoms with Crippen molar-refractivity contribution < 1.29 is 18.0 Å². The van der Waals surface area contributed by atoms with Crippen molar-refractivity contribution in [3.63, 3.8) is 0 Å². The SMILES string of the molecule is CCC(C(=O)c1nccs1)C1CCCCN1C(=O)C(CCCNC=NN)NS(=O)(=O)c1cccc2c(N(C)C)cccc12. The summed E-state index contributed by atoms with van der Waals surface area (Å²) in [5.74, 6) is 4.36. The summed E-state index contributed by atoms with van der Waals surface area (Å²) in [4.78, 5) is 35.7. The van der Waals surface area contributed by atoms with Crippen LogP contribution in [0.15, 0.2) is 58.0 Å². The molecule has 1 aliphatic heterocycles. The number of piperidine rings is 1. The van der Waals surface area contributed by atoms with E-state index in [9.17, 15) is 18.0 Å².